The molecule has 2 heterocycles. The van der Waals surface area contributed by atoms with Gasteiger partial charge in [-0.15, -0.1) is 0 Å². The van der Waals surface area contributed by atoms with Crippen LogP contribution in [0.15, 0.2) is 24.3 Å². The van der Waals surface area contributed by atoms with Gasteiger partial charge in [-0.05, 0) is 62.8 Å². The van der Waals surface area contributed by atoms with E-state index in [4.69, 9.17) is 4.74 Å². The van der Waals surface area contributed by atoms with E-state index in [0.717, 1.165) is 36.5 Å². The summed E-state index contributed by atoms with van der Waals surface area (Å²) in [5.41, 5.74) is 0.877. The summed E-state index contributed by atoms with van der Waals surface area (Å²) in [6.07, 6.45) is 3.06. The number of ether oxygens (including phenoxy) is 1. The molecule has 4 rings (SSSR count). The molecular weight excluding hydrogens is 384 g/mol. The summed E-state index contributed by atoms with van der Waals surface area (Å²) in [6.45, 7) is 6.86. The van der Waals surface area contributed by atoms with E-state index < -0.39 is 17.6 Å². The van der Waals surface area contributed by atoms with Gasteiger partial charge >= 0.3 is 6.03 Å². The van der Waals surface area contributed by atoms with E-state index in [1.165, 1.54) is 0 Å². The first-order chi connectivity index (χ1) is 14.4. The Bertz CT molecular complexity index is 811. The van der Waals surface area contributed by atoms with Crippen LogP contribution in [0, 0.1) is 5.92 Å². The first-order valence-electron chi connectivity index (χ1n) is 10.8. The fourth-order valence-electron chi connectivity index (χ4n) is 4.53. The van der Waals surface area contributed by atoms with E-state index in [1.54, 1.807) is 6.92 Å². The highest BCUT2D eigenvalue weighted by Gasteiger charge is 2.54. The van der Waals surface area contributed by atoms with Crippen LogP contribution >= 0.6 is 0 Å². The topological polar surface area (TPSA) is 91.0 Å². The smallest absolute Gasteiger partial charge is 0.325 e. The summed E-state index contributed by atoms with van der Waals surface area (Å²) in [5.74, 6) is -0.0981. The second kappa shape index (κ2) is 8.26. The van der Waals surface area contributed by atoms with Crippen molar-refractivity contribution >= 4 is 29.2 Å². The summed E-state index contributed by atoms with van der Waals surface area (Å²) in [5, 5.41) is 5.71. The first-order valence-corrected chi connectivity index (χ1v) is 10.8. The van der Waals surface area contributed by atoms with E-state index in [2.05, 4.69) is 22.5 Å². The van der Waals surface area contributed by atoms with Gasteiger partial charge in [0.2, 0.25) is 5.91 Å². The summed E-state index contributed by atoms with van der Waals surface area (Å²) < 4.78 is 5.37. The number of urea groups is 1. The number of morpholine rings is 1. The lowest BCUT2D eigenvalue weighted by Gasteiger charge is -2.34. The lowest BCUT2D eigenvalue weighted by atomic mass is 9.77. The van der Waals surface area contributed by atoms with E-state index in [0.29, 0.717) is 37.7 Å². The molecule has 3 fully saturated rings. The Morgan fingerprint density at radius 3 is 2.43 bits per heavy atom. The largest absolute Gasteiger partial charge is 0.378 e. The maximum atomic E-state index is 13.1. The highest BCUT2D eigenvalue weighted by molar-refractivity contribution is 6.11. The van der Waals surface area contributed by atoms with Crippen molar-refractivity contribution in [1.82, 2.24) is 10.2 Å². The van der Waals surface area contributed by atoms with Crippen molar-refractivity contribution in [1.29, 1.82) is 0 Å². The number of benzene rings is 1. The first kappa shape index (κ1) is 20.7. The molecule has 1 aliphatic carbocycles. The average molecular weight is 415 g/mol. The number of nitrogens with one attached hydrogen (secondary N) is 2. The summed E-state index contributed by atoms with van der Waals surface area (Å²) in [7, 11) is 0. The third kappa shape index (κ3) is 3.88. The Kier molecular flexibility index (Phi) is 5.69. The number of nitrogens with zero attached hydrogens (tertiary/aromatic N) is 2. The Hall–Kier alpha value is -2.61. The van der Waals surface area contributed by atoms with Gasteiger partial charge in [-0.2, -0.15) is 0 Å². The Morgan fingerprint density at radius 2 is 1.80 bits per heavy atom. The van der Waals surface area contributed by atoms with Crippen LogP contribution in [0.5, 0.6) is 0 Å². The number of hydrogen-bond acceptors (Lipinski definition) is 5. The minimum absolute atomic E-state index is 0.273. The fourth-order valence-corrected chi connectivity index (χ4v) is 4.53. The second-order valence-electron chi connectivity index (χ2n) is 8.68. The fraction of sp³-hybridized carbons (Fsp3) is 0.591. The van der Waals surface area contributed by atoms with E-state index in [-0.39, 0.29) is 11.8 Å². The maximum absolute atomic E-state index is 13.1. The number of hydrogen-bond donors (Lipinski definition) is 2. The molecule has 3 aliphatic rings. The maximum Gasteiger partial charge on any atom is 0.325 e. The SMILES string of the molecule is CC1CCC2(CC1)NC(=O)N([C@@H](C)C(=O)Nc1ccc(N3CCOCC3)cc1)C2=O. The zero-order chi connectivity index (χ0) is 21.3. The standard InChI is InChI=1S/C22H30N4O4/c1-15-7-9-22(10-8-15)20(28)26(21(29)24-22)16(2)19(27)23-17-3-5-18(6-4-17)25-11-13-30-14-12-25/h3-6,15-16H,7-14H2,1-2H3,(H,23,27)(H,24,29)/t15?,16-,22?/m0/s1. The molecule has 8 heteroatoms. The van der Waals surface area contributed by atoms with Gasteiger partial charge in [0.25, 0.3) is 5.91 Å². The van der Waals surface area contributed by atoms with Gasteiger partial charge in [0, 0.05) is 24.5 Å². The summed E-state index contributed by atoms with van der Waals surface area (Å²) in [6, 6.07) is 6.24. The van der Waals surface area contributed by atoms with Crippen molar-refractivity contribution in [3.05, 3.63) is 24.3 Å². The van der Waals surface area contributed by atoms with Crippen molar-refractivity contribution in [2.45, 2.75) is 51.1 Å². The number of anilines is 2. The molecule has 0 unspecified atom stereocenters. The number of imide groups is 1. The molecule has 0 bridgehead atoms. The molecule has 8 nitrogen and oxygen atoms in total. The monoisotopic (exact) mass is 414 g/mol. The predicted octanol–water partition coefficient (Wildman–Crippen LogP) is 2.35. The molecule has 2 saturated heterocycles. The van der Waals surface area contributed by atoms with Crippen LogP contribution in [-0.4, -0.2) is 60.6 Å². The number of rotatable bonds is 4. The average Bonchev–Trinajstić information content (AvgIpc) is 3.00. The van der Waals surface area contributed by atoms with Crippen molar-refractivity contribution < 1.29 is 19.1 Å². The van der Waals surface area contributed by atoms with E-state index in [1.807, 2.05) is 24.3 Å². The van der Waals surface area contributed by atoms with Crippen molar-refractivity contribution in [2.75, 3.05) is 36.5 Å². The minimum atomic E-state index is -0.879. The minimum Gasteiger partial charge on any atom is -0.378 e. The molecule has 2 N–H and O–H groups in total. The lowest BCUT2D eigenvalue weighted by Crippen LogP contribution is -2.51. The molecule has 2 aliphatic heterocycles. The van der Waals surface area contributed by atoms with Gasteiger partial charge in [0.15, 0.2) is 0 Å². The lowest BCUT2D eigenvalue weighted by molar-refractivity contribution is -0.137. The zero-order valence-corrected chi connectivity index (χ0v) is 17.6. The summed E-state index contributed by atoms with van der Waals surface area (Å²) >= 11 is 0. The third-order valence-electron chi connectivity index (χ3n) is 6.60. The Morgan fingerprint density at radius 1 is 1.17 bits per heavy atom. The van der Waals surface area contributed by atoms with Gasteiger partial charge in [0.05, 0.1) is 13.2 Å². The van der Waals surface area contributed by atoms with Gasteiger partial charge in [-0.1, -0.05) is 6.92 Å². The molecule has 30 heavy (non-hydrogen) atoms. The normalized spacial score (nSPS) is 27.9. The van der Waals surface area contributed by atoms with Crippen LogP contribution in [0.1, 0.15) is 39.5 Å². The number of amides is 4. The zero-order valence-electron chi connectivity index (χ0n) is 17.6. The van der Waals surface area contributed by atoms with Crippen molar-refractivity contribution in [3.8, 4) is 0 Å². The number of carbonyl (C=O) groups excluding carboxylic acids is 3. The van der Waals surface area contributed by atoms with Crippen LogP contribution in [0.25, 0.3) is 0 Å². The molecule has 162 valence electrons. The molecule has 1 spiro atoms. The Balaban J connectivity index is 1.39. The van der Waals surface area contributed by atoms with Crippen LogP contribution in [0.2, 0.25) is 0 Å². The molecular formula is C22H30N4O4. The molecule has 1 aromatic rings. The molecule has 1 aromatic carbocycles. The summed E-state index contributed by atoms with van der Waals surface area (Å²) in [4.78, 5) is 41.7. The van der Waals surface area contributed by atoms with Crippen LogP contribution in [-0.2, 0) is 14.3 Å². The van der Waals surface area contributed by atoms with Crippen molar-refractivity contribution in [3.63, 3.8) is 0 Å². The van der Waals surface area contributed by atoms with Gasteiger partial charge < -0.3 is 20.3 Å². The van der Waals surface area contributed by atoms with Gasteiger partial charge in [0.1, 0.15) is 11.6 Å². The third-order valence-corrected chi connectivity index (χ3v) is 6.60. The van der Waals surface area contributed by atoms with Crippen LogP contribution in [0.4, 0.5) is 16.2 Å². The molecule has 0 radical (unpaired) electrons. The highest BCUT2D eigenvalue weighted by atomic mass is 16.5. The van der Waals surface area contributed by atoms with Crippen molar-refractivity contribution in [2.24, 2.45) is 5.92 Å². The molecule has 1 saturated carbocycles. The number of carbonyl (C=O) groups is 3. The molecule has 0 aromatic heterocycles. The quantitative estimate of drug-likeness (QED) is 0.738. The van der Waals surface area contributed by atoms with Gasteiger partial charge in [-0.25, -0.2) is 9.69 Å². The predicted molar refractivity (Wildman–Crippen MR) is 113 cm³/mol. The van der Waals surface area contributed by atoms with E-state index >= 15 is 0 Å². The Labute approximate surface area is 176 Å². The molecule has 1 atom stereocenters. The van der Waals surface area contributed by atoms with Crippen LogP contribution in [0.3, 0.4) is 0 Å². The highest BCUT2D eigenvalue weighted by Crippen LogP contribution is 2.37. The van der Waals surface area contributed by atoms with Gasteiger partial charge in [-0.3, -0.25) is 9.59 Å². The second-order valence-corrected chi connectivity index (χ2v) is 8.68. The van der Waals surface area contributed by atoms with E-state index in [9.17, 15) is 14.4 Å². The molecule has 4 amide bonds. The van der Waals surface area contributed by atoms with Crippen LogP contribution < -0.4 is 15.5 Å².